The number of hydrogen-bond donors (Lipinski definition) is 3. The number of hydrogen-bond acceptors (Lipinski definition) is 3. The second kappa shape index (κ2) is 4.81. The first-order chi connectivity index (χ1) is 9.15. The molecule has 0 saturated carbocycles. The van der Waals surface area contributed by atoms with Gasteiger partial charge in [0, 0.05) is 6.54 Å². The molecule has 0 atom stereocenters. The van der Waals surface area contributed by atoms with Gasteiger partial charge in [-0.05, 0) is 49.5 Å². The lowest BCUT2D eigenvalue weighted by molar-refractivity contribution is 0.247. The number of anilines is 1. The van der Waals surface area contributed by atoms with Gasteiger partial charge in [-0.2, -0.15) is 0 Å². The molecule has 102 valence electrons. The third kappa shape index (κ3) is 2.71. The van der Waals surface area contributed by atoms with E-state index in [4.69, 9.17) is 0 Å². The Morgan fingerprint density at radius 3 is 2.95 bits per heavy atom. The maximum absolute atomic E-state index is 13.1. The van der Waals surface area contributed by atoms with Crippen LogP contribution in [0.5, 0.6) is 0 Å². The maximum atomic E-state index is 13.1. The molecule has 1 aromatic carbocycles. The zero-order chi connectivity index (χ0) is 13.3. The lowest BCUT2D eigenvalue weighted by atomic mass is 9.81. The van der Waals surface area contributed by atoms with E-state index < -0.39 is 0 Å². The average molecular weight is 262 g/mol. The van der Waals surface area contributed by atoms with Gasteiger partial charge in [0.05, 0.1) is 11.0 Å². The van der Waals surface area contributed by atoms with E-state index in [0.717, 1.165) is 49.5 Å². The Morgan fingerprint density at radius 1 is 1.37 bits per heavy atom. The molecular weight excluding hydrogens is 243 g/mol. The second-order valence-electron chi connectivity index (χ2n) is 5.66. The minimum atomic E-state index is -0.243. The Hall–Kier alpha value is -1.62. The first-order valence-corrected chi connectivity index (χ1v) is 6.75. The summed E-state index contributed by atoms with van der Waals surface area (Å²) in [6, 6.07) is 4.60. The van der Waals surface area contributed by atoms with Crippen LogP contribution in [0.4, 0.5) is 10.3 Å². The fourth-order valence-electron chi connectivity index (χ4n) is 2.57. The summed E-state index contributed by atoms with van der Waals surface area (Å²) in [5.41, 5.74) is 1.83. The predicted molar refractivity (Wildman–Crippen MR) is 74.8 cm³/mol. The van der Waals surface area contributed by atoms with Gasteiger partial charge in [-0.15, -0.1) is 0 Å². The van der Waals surface area contributed by atoms with E-state index in [1.165, 1.54) is 12.1 Å². The Balaban J connectivity index is 1.71. The lowest BCUT2D eigenvalue weighted by Crippen LogP contribution is -2.39. The molecule has 1 aliphatic rings. The average Bonchev–Trinajstić information content (AvgIpc) is 2.79. The van der Waals surface area contributed by atoms with E-state index >= 15 is 0 Å². The highest BCUT2D eigenvalue weighted by Gasteiger charge is 2.26. The number of halogens is 1. The van der Waals surface area contributed by atoms with Crippen LogP contribution in [0, 0.1) is 11.2 Å². The molecule has 19 heavy (non-hydrogen) atoms. The minimum absolute atomic E-state index is 0.243. The van der Waals surface area contributed by atoms with Gasteiger partial charge in [0.2, 0.25) is 5.95 Å². The first kappa shape index (κ1) is 12.4. The number of rotatable bonds is 3. The Kier molecular flexibility index (Phi) is 3.14. The molecule has 0 spiro atoms. The molecule has 5 heteroatoms. The van der Waals surface area contributed by atoms with Crippen molar-refractivity contribution < 1.29 is 4.39 Å². The summed E-state index contributed by atoms with van der Waals surface area (Å²) in [6.45, 7) is 5.33. The molecule has 2 heterocycles. The van der Waals surface area contributed by atoms with Gasteiger partial charge in [-0.3, -0.25) is 0 Å². The largest absolute Gasteiger partial charge is 0.355 e. The van der Waals surface area contributed by atoms with Crippen molar-refractivity contribution in [2.45, 2.75) is 19.8 Å². The molecule has 1 saturated heterocycles. The van der Waals surface area contributed by atoms with Crippen molar-refractivity contribution in [1.82, 2.24) is 15.3 Å². The SMILES string of the molecule is CC1(CNc2nc3ccc(F)cc3[nH]2)CCNCC1. The zero-order valence-electron chi connectivity index (χ0n) is 11.1. The predicted octanol–water partition coefficient (Wildman–Crippen LogP) is 2.50. The first-order valence-electron chi connectivity index (χ1n) is 6.75. The fraction of sp³-hybridized carbons (Fsp3) is 0.500. The molecule has 0 aliphatic carbocycles. The van der Waals surface area contributed by atoms with Crippen molar-refractivity contribution in [1.29, 1.82) is 0 Å². The summed E-state index contributed by atoms with van der Waals surface area (Å²) in [6.07, 6.45) is 2.32. The molecule has 2 aromatic rings. The van der Waals surface area contributed by atoms with Gasteiger partial charge in [0.15, 0.2) is 0 Å². The van der Waals surface area contributed by atoms with Gasteiger partial charge >= 0.3 is 0 Å². The fourth-order valence-corrected chi connectivity index (χ4v) is 2.57. The molecule has 0 radical (unpaired) electrons. The van der Waals surface area contributed by atoms with Crippen LogP contribution in [-0.4, -0.2) is 29.6 Å². The molecule has 4 nitrogen and oxygen atoms in total. The van der Waals surface area contributed by atoms with E-state index in [0.29, 0.717) is 5.41 Å². The van der Waals surface area contributed by atoms with Crippen LogP contribution in [0.15, 0.2) is 18.2 Å². The van der Waals surface area contributed by atoms with Gasteiger partial charge in [0.1, 0.15) is 5.82 Å². The molecule has 3 rings (SSSR count). The van der Waals surface area contributed by atoms with Crippen molar-refractivity contribution in [2.75, 3.05) is 25.0 Å². The van der Waals surface area contributed by atoms with Crippen LogP contribution in [-0.2, 0) is 0 Å². The number of nitrogens with one attached hydrogen (secondary N) is 3. The van der Waals surface area contributed by atoms with Gasteiger partial charge in [0.25, 0.3) is 0 Å². The molecule has 3 N–H and O–H groups in total. The number of imidazole rings is 1. The normalized spacial score (nSPS) is 18.6. The second-order valence-corrected chi connectivity index (χ2v) is 5.66. The molecule has 1 fully saturated rings. The van der Waals surface area contributed by atoms with Crippen LogP contribution in [0.1, 0.15) is 19.8 Å². The number of benzene rings is 1. The van der Waals surface area contributed by atoms with Crippen molar-refractivity contribution in [3.05, 3.63) is 24.0 Å². The number of nitrogens with zero attached hydrogens (tertiary/aromatic N) is 1. The summed E-state index contributed by atoms with van der Waals surface area (Å²) >= 11 is 0. The van der Waals surface area contributed by atoms with Gasteiger partial charge < -0.3 is 15.6 Å². The van der Waals surface area contributed by atoms with E-state index in [-0.39, 0.29) is 5.82 Å². The third-order valence-corrected chi connectivity index (χ3v) is 3.94. The van der Waals surface area contributed by atoms with Crippen LogP contribution >= 0.6 is 0 Å². The summed E-state index contributed by atoms with van der Waals surface area (Å²) in [5, 5.41) is 6.72. The molecule has 0 amide bonds. The molecule has 1 aliphatic heterocycles. The van der Waals surface area contributed by atoms with Crippen LogP contribution in [0.2, 0.25) is 0 Å². The summed E-state index contributed by atoms with van der Waals surface area (Å²) in [5.74, 6) is 0.480. The maximum Gasteiger partial charge on any atom is 0.201 e. The standard InChI is InChI=1S/C14H19FN4/c1-14(4-6-16-7-5-14)9-17-13-18-11-3-2-10(15)8-12(11)19-13/h2-3,8,16H,4-7,9H2,1H3,(H2,17,18,19). The zero-order valence-corrected chi connectivity index (χ0v) is 11.1. The van der Waals surface area contributed by atoms with Gasteiger partial charge in [-0.1, -0.05) is 6.92 Å². The van der Waals surface area contributed by atoms with Crippen molar-refractivity contribution in [3.8, 4) is 0 Å². The number of piperidine rings is 1. The van der Waals surface area contributed by atoms with E-state index in [1.807, 2.05) is 0 Å². The number of fused-ring (bicyclic) bond motifs is 1. The van der Waals surface area contributed by atoms with Crippen LogP contribution in [0.3, 0.4) is 0 Å². The van der Waals surface area contributed by atoms with Crippen molar-refractivity contribution >= 4 is 17.0 Å². The monoisotopic (exact) mass is 262 g/mol. The topological polar surface area (TPSA) is 52.7 Å². The van der Waals surface area contributed by atoms with E-state index in [1.54, 1.807) is 6.07 Å². The molecule has 0 bridgehead atoms. The van der Waals surface area contributed by atoms with E-state index in [9.17, 15) is 4.39 Å². The highest BCUT2D eigenvalue weighted by Crippen LogP contribution is 2.28. The summed E-state index contributed by atoms with van der Waals surface area (Å²) < 4.78 is 13.1. The highest BCUT2D eigenvalue weighted by molar-refractivity contribution is 5.77. The number of H-pyrrole nitrogens is 1. The van der Waals surface area contributed by atoms with Crippen LogP contribution < -0.4 is 10.6 Å². The Bertz CT molecular complexity index is 572. The van der Waals surface area contributed by atoms with Gasteiger partial charge in [-0.25, -0.2) is 9.37 Å². The third-order valence-electron chi connectivity index (χ3n) is 3.94. The van der Waals surface area contributed by atoms with E-state index in [2.05, 4.69) is 27.5 Å². The Morgan fingerprint density at radius 2 is 2.16 bits per heavy atom. The smallest absolute Gasteiger partial charge is 0.201 e. The number of aromatic amines is 1. The van der Waals surface area contributed by atoms with Crippen LogP contribution in [0.25, 0.3) is 11.0 Å². The minimum Gasteiger partial charge on any atom is -0.355 e. The Labute approximate surface area is 111 Å². The highest BCUT2D eigenvalue weighted by atomic mass is 19.1. The molecule has 0 unspecified atom stereocenters. The number of aromatic nitrogens is 2. The molecular formula is C14H19FN4. The summed E-state index contributed by atoms with van der Waals surface area (Å²) in [7, 11) is 0. The molecule has 1 aromatic heterocycles. The lowest BCUT2D eigenvalue weighted by Gasteiger charge is -2.34. The van der Waals surface area contributed by atoms with Crippen molar-refractivity contribution in [2.24, 2.45) is 5.41 Å². The quantitative estimate of drug-likeness (QED) is 0.796. The summed E-state index contributed by atoms with van der Waals surface area (Å²) in [4.78, 5) is 7.54. The van der Waals surface area contributed by atoms with Crippen molar-refractivity contribution in [3.63, 3.8) is 0 Å².